The molecular formula is C15H22N4O. The van der Waals surface area contributed by atoms with Gasteiger partial charge in [-0.25, -0.2) is 4.98 Å². The zero-order valence-corrected chi connectivity index (χ0v) is 12.4. The number of likely N-dealkylation sites (N-methyl/N-ethyl adjacent to an activating group) is 1. The molecule has 2 aromatic rings. The number of hydrogen-bond donors (Lipinski definition) is 1. The molecule has 1 amide bonds. The van der Waals surface area contributed by atoms with Crippen LogP contribution in [0.2, 0.25) is 0 Å². The van der Waals surface area contributed by atoms with E-state index < -0.39 is 0 Å². The fraction of sp³-hybridized carbons (Fsp3) is 0.467. The van der Waals surface area contributed by atoms with Gasteiger partial charge < -0.3 is 14.8 Å². The van der Waals surface area contributed by atoms with E-state index in [1.54, 1.807) is 6.20 Å². The van der Waals surface area contributed by atoms with Crippen LogP contribution >= 0.6 is 0 Å². The molecule has 0 saturated carbocycles. The highest BCUT2D eigenvalue weighted by molar-refractivity contribution is 5.87. The Morgan fingerprint density at radius 1 is 1.45 bits per heavy atom. The highest BCUT2D eigenvalue weighted by Gasteiger charge is 2.11. The number of nitrogens with one attached hydrogen (secondary N) is 1. The number of hydrogen-bond acceptors (Lipinski definition) is 3. The Morgan fingerprint density at radius 2 is 2.25 bits per heavy atom. The average molecular weight is 274 g/mol. The standard InChI is InChI=1S/C15H22N4O/c1-4-19-11-12(13-6-5-7-17-15(13)19)10-14(20)16-8-9-18(2)3/h5-7,11H,4,8-10H2,1-3H3,(H,16,20). The van der Waals surface area contributed by atoms with Crippen LogP contribution in [0.25, 0.3) is 11.0 Å². The number of aryl methyl sites for hydroxylation is 1. The second-order valence-corrected chi connectivity index (χ2v) is 5.14. The molecule has 0 saturated heterocycles. The Kier molecular flexibility index (Phi) is 4.74. The summed E-state index contributed by atoms with van der Waals surface area (Å²) in [7, 11) is 3.99. The lowest BCUT2D eigenvalue weighted by atomic mass is 10.1. The molecule has 0 fully saturated rings. The van der Waals surface area contributed by atoms with E-state index in [1.165, 1.54) is 0 Å². The lowest BCUT2D eigenvalue weighted by Gasteiger charge is -2.10. The smallest absolute Gasteiger partial charge is 0.224 e. The molecule has 5 heteroatoms. The van der Waals surface area contributed by atoms with E-state index in [-0.39, 0.29) is 5.91 Å². The molecule has 0 bridgehead atoms. The Hall–Kier alpha value is -1.88. The molecule has 0 aromatic carbocycles. The molecule has 20 heavy (non-hydrogen) atoms. The minimum atomic E-state index is 0.0610. The van der Waals surface area contributed by atoms with E-state index in [0.29, 0.717) is 13.0 Å². The molecule has 0 aliphatic heterocycles. The second kappa shape index (κ2) is 6.52. The zero-order valence-electron chi connectivity index (χ0n) is 12.4. The van der Waals surface area contributed by atoms with E-state index in [2.05, 4.69) is 21.8 Å². The topological polar surface area (TPSA) is 50.2 Å². The Labute approximate surface area is 119 Å². The van der Waals surface area contributed by atoms with Crippen molar-refractivity contribution in [3.63, 3.8) is 0 Å². The highest BCUT2D eigenvalue weighted by Crippen LogP contribution is 2.19. The first kappa shape index (κ1) is 14.5. The van der Waals surface area contributed by atoms with Gasteiger partial charge in [-0.1, -0.05) is 0 Å². The molecule has 108 valence electrons. The summed E-state index contributed by atoms with van der Waals surface area (Å²) in [6.45, 7) is 4.46. The van der Waals surface area contributed by atoms with Gasteiger partial charge in [0, 0.05) is 37.4 Å². The van der Waals surface area contributed by atoms with Gasteiger partial charge in [-0.15, -0.1) is 0 Å². The zero-order chi connectivity index (χ0) is 14.5. The van der Waals surface area contributed by atoms with Crippen LogP contribution in [0.15, 0.2) is 24.5 Å². The Morgan fingerprint density at radius 3 is 2.95 bits per heavy atom. The molecular weight excluding hydrogens is 252 g/mol. The lowest BCUT2D eigenvalue weighted by molar-refractivity contribution is -0.120. The van der Waals surface area contributed by atoms with Crippen molar-refractivity contribution in [1.29, 1.82) is 0 Å². The van der Waals surface area contributed by atoms with E-state index in [9.17, 15) is 4.79 Å². The average Bonchev–Trinajstić information content (AvgIpc) is 2.77. The first-order valence-corrected chi connectivity index (χ1v) is 6.96. The molecule has 0 aliphatic rings. The third-order valence-corrected chi connectivity index (χ3v) is 3.29. The van der Waals surface area contributed by atoms with E-state index >= 15 is 0 Å². The van der Waals surface area contributed by atoms with E-state index in [1.807, 2.05) is 37.3 Å². The monoisotopic (exact) mass is 274 g/mol. The maximum absolute atomic E-state index is 12.0. The number of carbonyl (C=O) groups is 1. The lowest BCUT2D eigenvalue weighted by Crippen LogP contribution is -2.32. The van der Waals surface area contributed by atoms with Crippen molar-refractivity contribution >= 4 is 16.9 Å². The largest absolute Gasteiger partial charge is 0.355 e. The maximum Gasteiger partial charge on any atom is 0.224 e. The van der Waals surface area contributed by atoms with Gasteiger partial charge in [0.2, 0.25) is 5.91 Å². The van der Waals surface area contributed by atoms with Gasteiger partial charge in [-0.2, -0.15) is 0 Å². The first-order chi connectivity index (χ1) is 9.61. The second-order valence-electron chi connectivity index (χ2n) is 5.14. The van der Waals surface area contributed by atoms with E-state index in [0.717, 1.165) is 29.7 Å². The molecule has 0 spiro atoms. The Bertz CT molecular complexity index is 589. The van der Waals surface area contributed by atoms with Gasteiger partial charge in [-0.05, 0) is 38.7 Å². The summed E-state index contributed by atoms with van der Waals surface area (Å²) in [5.74, 6) is 0.0610. The first-order valence-electron chi connectivity index (χ1n) is 6.96. The van der Waals surface area contributed by atoms with Crippen molar-refractivity contribution in [1.82, 2.24) is 19.8 Å². The summed E-state index contributed by atoms with van der Waals surface area (Å²) in [6.07, 6.45) is 4.22. The molecule has 0 radical (unpaired) electrons. The summed E-state index contributed by atoms with van der Waals surface area (Å²) >= 11 is 0. The number of amides is 1. The van der Waals surface area contributed by atoms with Crippen molar-refractivity contribution in [2.45, 2.75) is 19.9 Å². The molecule has 1 N–H and O–H groups in total. The van der Waals surface area contributed by atoms with Gasteiger partial charge in [0.1, 0.15) is 5.65 Å². The van der Waals surface area contributed by atoms with E-state index in [4.69, 9.17) is 0 Å². The van der Waals surface area contributed by atoms with Gasteiger partial charge >= 0.3 is 0 Å². The molecule has 2 rings (SSSR count). The third-order valence-electron chi connectivity index (χ3n) is 3.29. The quantitative estimate of drug-likeness (QED) is 0.863. The summed E-state index contributed by atoms with van der Waals surface area (Å²) < 4.78 is 2.08. The maximum atomic E-state index is 12.0. The SMILES string of the molecule is CCn1cc(CC(=O)NCCN(C)C)c2cccnc21. The molecule has 0 atom stereocenters. The van der Waals surface area contributed by atoms with Crippen LogP contribution < -0.4 is 5.32 Å². The third kappa shape index (κ3) is 3.36. The van der Waals surface area contributed by atoms with Crippen LogP contribution in [0.3, 0.4) is 0 Å². The number of aromatic nitrogens is 2. The minimum Gasteiger partial charge on any atom is -0.355 e. The van der Waals surface area contributed by atoms with Crippen LogP contribution in [0, 0.1) is 0 Å². The number of fused-ring (bicyclic) bond motifs is 1. The molecule has 2 aromatic heterocycles. The molecule has 0 aliphatic carbocycles. The van der Waals surface area contributed by atoms with Crippen LogP contribution in [0.1, 0.15) is 12.5 Å². The fourth-order valence-corrected chi connectivity index (χ4v) is 2.23. The van der Waals surface area contributed by atoms with Crippen LogP contribution in [0.4, 0.5) is 0 Å². The Balaban J connectivity index is 2.08. The molecule has 0 unspecified atom stereocenters. The fourth-order valence-electron chi connectivity index (χ4n) is 2.23. The highest BCUT2D eigenvalue weighted by atomic mass is 16.1. The number of nitrogens with zero attached hydrogens (tertiary/aromatic N) is 3. The number of pyridine rings is 1. The van der Waals surface area contributed by atoms with Crippen molar-refractivity contribution < 1.29 is 4.79 Å². The molecule has 5 nitrogen and oxygen atoms in total. The van der Waals surface area contributed by atoms with Crippen LogP contribution in [-0.2, 0) is 17.8 Å². The van der Waals surface area contributed by atoms with Crippen LogP contribution in [-0.4, -0.2) is 47.5 Å². The van der Waals surface area contributed by atoms with Gasteiger partial charge in [0.15, 0.2) is 0 Å². The number of carbonyl (C=O) groups excluding carboxylic acids is 1. The van der Waals surface area contributed by atoms with Gasteiger partial charge in [0.25, 0.3) is 0 Å². The predicted octanol–water partition coefficient (Wildman–Crippen LogP) is 1.28. The normalized spacial score (nSPS) is 11.2. The summed E-state index contributed by atoms with van der Waals surface area (Å²) in [4.78, 5) is 18.4. The summed E-state index contributed by atoms with van der Waals surface area (Å²) in [5, 5.41) is 4.01. The van der Waals surface area contributed by atoms with Crippen molar-refractivity contribution in [2.24, 2.45) is 0 Å². The van der Waals surface area contributed by atoms with Gasteiger partial charge in [-0.3, -0.25) is 4.79 Å². The van der Waals surface area contributed by atoms with Crippen LogP contribution in [0.5, 0.6) is 0 Å². The summed E-state index contributed by atoms with van der Waals surface area (Å²) in [6, 6.07) is 3.94. The number of rotatable bonds is 6. The molecule has 2 heterocycles. The minimum absolute atomic E-state index is 0.0610. The predicted molar refractivity (Wildman–Crippen MR) is 80.7 cm³/mol. The van der Waals surface area contributed by atoms with Crippen molar-refractivity contribution in [3.8, 4) is 0 Å². The van der Waals surface area contributed by atoms with Crippen molar-refractivity contribution in [3.05, 3.63) is 30.1 Å². The van der Waals surface area contributed by atoms with Crippen molar-refractivity contribution in [2.75, 3.05) is 27.2 Å². The van der Waals surface area contributed by atoms with Gasteiger partial charge in [0.05, 0.1) is 6.42 Å². The summed E-state index contributed by atoms with van der Waals surface area (Å²) in [5.41, 5.74) is 1.99.